The third-order valence-corrected chi connectivity index (χ3v) is 2.68. The van der Waals surface area contributed by atoms with Gasteiger partial charge in [-0.25, -0.2) is 4.79 Å². The number of methoxy groups -OCH3 is 1. The van der Waals surface area contributed by atoms with E-state index in [2.05, 4.69) is 5.32 Å². The summed E-state index contributed by atoms with van der Waals surface area (Å²) in [6.45, 7) is 3.18. The van der Waals surface area contributed by atoms with Crippen LogP contribution in [0, 0.1) is 5.92 Å². The zero-order chi connectivity index (χ0) is 15.1. The van der Waals surface area contributed by atoms with Gasteiger partial charge in [0.25, 0.3) is 5.91 Å². The van der Waals surface area contributed by atoms with Crippen molar-refractivity contribution >= 4 is 11.9 Å². The molecule has 0 aromatic heterocycles. The fourth-order valence-corrected chi connectivity index (χ4v) is 1.61. The quantitative estimate of drug-likeness (QED) is 0.787. The second kappa shape index (κ2) is 7.37. The van der Waals surface area contributed by atoms with E-state index in [0.29, 0.717) is 11.5 Å². The first-order valence-corrected chi connectivity index (χ1v) is 6.23. The van der Waals surface area contributed by atoms with Crippen LogP contribution in [0.1, 0.15) is 13.8 Å². The molecule has 1 amide bonds. The fraction of sp³-hybridized carbons (Fsp3) is 0.429. The Morgan fingerprint density at radius 1 is 1.25 bits per heavy atom. The van der Waals surface area contributed by atoms with E-state index in [-0.39, 0.29) is 12.5 Å². The SMILES string of the molecule is COc1ccccc1OCC(=O)N[C@H](C(=O)O)C(C)C. The molecule has 110 valence electrons. The lowest BCUT2D eigenvalue weighted by Crippen LogP contribution is -2.46. The highest BCUT2D eigenvalue weighted by atomic mass is 16.5. The van der Waals surface area contributed by atoms with Gasteiger partial charge in [-0.2, -0.15) is 0 Å². The predicted molar refractivity (Wildman–Crippen MR) is 72.9 cm³/mol. The molecule has 0 saturated heterocycles. The van der Waals surface area contributed by atoms with Crippen molar-refractivity contribution in [3.05, 3.63) is 24.3 Å². The number of amides is 1. The molecule has 0 spiro atoms. The van der Waals surface area contributed by atoms with E-state index < -0.39 is 17.9 Å². The molecule has 1 atom stereocenters. The van der Waals surface area contributed by atoms with Gasteiger partial charge in [0.1, 0.15) is 6.04 Å². The molecule has 0 heterocycles. The fourth-order valence-electron chi connectivity index (χ4n) is 1.61. The Hall–Kier alpha value is -2.24. The molecule has 0 saturated carbocycles. The van der Waals surface area contributed by atoms with Gasteiger partial charge in [0.15, 0.2) is 18.1 Å². The second-order valence-corrected chi connectivity index (χ2v) is 4.57. The van der Waals surface area contributed by atoms with Crippen LogP contribution in [0.4, 0.5) is 0 Å². The van der Waals surface area contributed by atoms with Crippen LogP contribution in [0.3, 0.4) is 0 Å². The van der Waals surface area contributed by atoms with Crippen molar-refractivity contribution in [1.82, 2.24) is 5.32 Å². The Bertz CT molecular complexity index is 472. The first-order valence-electron chi connectivity index (χ1n) is 6.23. The molecule has 0 radical (unpaired) electrons. The minimum atomic E-state index is -1.06. The van der Waals surface area contributed by atoms with Gasteiger partial charge in [-0.1, -0.05) is 26.0 Å². The van der Waals surface area contributed by atoms with Crippen LogP contribution in [-0.4, -0.2) is 36.7 Å². The van der Waals surface area contributed by atoms with E-state index in [9.17, 15) is 9.59 Å². The van der Waals surface area contributed by atoms with Crippen molar-refractivity contribution in [3.63, 3.8) is 0 Å². The number of rotatable bonds is 7. The molecule has 0 bridgehead atoms. The molecule has 20 heavy (non-hydrogen) atoms. The molecule has 1 rings (SSSR count). The van der Waals surface area contributed by atoms with Crippen molar-refractivity contribution in [2.75, 3.05) is 13.7 Å². The average molecular weight is 281 g/mol. The summed E-state index contributed by atoms with van der Waals surface area (Å²) < 4.78 is 10.4. The van der Waals surface area contributed by atoms with Gasteiger partial charge >= 0.3 is 5.97 Å². The van der Waals surface area contributed by atoms with Gasteiger partial charge in [0.2, 0.25) is 0 Å². The zero-order valence-corrected chi connectivity index (χ0v) is 11.8. The van der Waals surface area contributed by atoms with E-state index in [1.54, 1.807) is 38.1 Å². The van der Waals surface area contributed by atoms with Gasteiger partial charge in [0.05, 0.1) is 7.11 Å². The topological polar surface area (TPSA) is 84.9 Å². The van der Waals surface area contributed by atoms with Gasteiger partial charge in [0, 0.05) is 0 Å². The Labute approximate surface area is 117 Å². The van der Waals surface area contributed by atoms with Crippen LogP contribution in [-0.2, 0) is 9.59 Å². The lowest BCUT2D eigenvalue weighted by atomic mass is 10.1. The van der Waals surface area contributed by atoms with Crippen LogP contribution in [0.15, 0.2) is 24.3 Å². The summed E-state index contributed by atoms with van der Waals surface area (Å²) in [6, 6.07) is 5.99. The molecule has 6 nitrogen and oxygen atoms in total. The third-order valence-electron chi connectivity index (χ3n) is 2.68. The molecule has 6 heteroatoms. The molecule has 1 aromatic rings. The Balaban J connectivity index is 2.57. The molecule has 0 fully saturated rings. The summed E-state index contributed by atoms with van der Waals surface area (Å²) in [6.07, 6.45) is 0. The maximum absolute atomic E-state index is 11.7. The summed E-state index contributed by atoms with van der Waals surface area (Å²) >= 11 is 0. The van der Waals surface area contributed by atoms with Crippen LogP contribution in [0.2, 0.25) is 0 Å². The first kappa shape index (κ1) is 15.8. The number of para-hydroxylation sites is 2. The van der Waals surface area contributed by atoms with Gasteiger partial charge < -0.3 is 19.9 Å². The van der Waals surface area contributed by atoms with E-state index in [0.717, 1.165) is 0 Å². The number of carboxylic acids is 1. The Kier molecular flexibility index (Phi) is 5.83. The third kappa shape index (κ3) is 4.46. The van der Waals surface area contributed by atoms with Crippen LogP contribution in [0.5, 0.6) is 11.5 Å². The Morgan fingerprint density at radius 3 is 2.35 bits per heavy atom. The number of nitrogens with one attached hydrogen (secondary N) is 1. The van der Waals surface area contributed by atoms with Crippen LogP contribution in [0.25, 0.3) is 0 Å². The van der Waals surface area contributed by atoms with Crippen LogP contribution < -0.4 is 14.8 Å². The van der Waals surface area contributed by atoms with Crippen molar-refractivity contribution in [1.29, 1.82) is 0 Å². The number of carboxylic acid groups (broad SMARTS) is 1. The zero-order valence-electron chi connectivity index (χ0n) is 11.8. The number of carbonyl (C=O) groups is 2. The van der Waals surface area contributed by atoms with Gasteiger partial charge in [-0.15, -0.1) is 0 Å². The summed E-state index contributed by atoms with van der Waals surface area (Å²) in [7, 11) is 1.50. The normalized spacial score (nSPS) is 11.8. The highest BCUT2D eigenvalue weighted by molar-refractivity contribution is 5.84. The summed E-state index contributed by atoms with van der Waals surface area (Å²) in [4.78, 5) is 22.7. The van der Waals surface area contributed by atoms with Crippen LogP contribution >= 0.6 is 0 Å². The molecule has 0 unspecified atom stereocenters. The highest BCUT2D eigenvalue weighted by Gasteiger charge is 2.23. The molecule has 0 aliphatic rings. The molecule has 2 N–H and O–H groups in total. The monoisotopic (exact) mass is 281 g/mol. The van der Waals surface area contributed by atoms with E-state index in [4.69, 9.17) is 14.6 Å². The van der Waals surface area contributed by atoms with Gasteiger partial charge in [-0.05, 0) is 18.1 Å². The maximum Gasteiger partial charge on any atom is 0.326 e. The summed E-state index contributed by atoms with van der Waals surface area (Å²) in [5, 5.41) is 11.4. The lowest BCUT2D eigenvalue weighted by Gasteiger charge is -2.18. The standard InChI is InChI=1S/C14H19NO5/c1-9(2)13(14(17)18)15-12(16)8-20-11-7-5-4-6-10(11)19-3/h4-7,9,13H,8H2,1-3H3,(H,15,16)(H,17,18)/t13-/m0/s1. The molecular formula is C14H19NO5. The molecule has 1 aromatic carbocycles. The van der Waals surface area contributed by atoms with Crippen molar-refractivity contribution in [2.24, 2.45) is 5.92 Å². The minimum Gasteiger partial charge on any atom is -0.493 e. The lowest BCUT2D eigenvalue weighted by molar-refractivity contribution is -0.143. The average Bonchev–Trinajstić information content (AvgIpc) is 2.42. The summed E-state index contributed by atoms with van der Waals surface area (Å²) in [5.41, 5.74) is 0. The summed E-state index contributed by atoms with van der Waals surface area (Å²) in [5.74, 6) is -0.814. The van der Waals surface area contributed by atoms with Crippen molar-refractivity contribution < 1.29 is 24.2 Å². The Morgan fingerprint density at radius 2 is 1.85 bits per heavy atom. The van der Waals surface area contributed by atoms with E-state index >= 15 is 0 Å². The number of carbonyl (C=O) groups excluding carboxylic acids is 1. The van der Waals surface area contributed by atoms with Crippen molar-refractivity contribution in [2.45, 2.75) is 19.9 Å². The smallest absolute Gasteiger partial charge is 0.326 e. The van der Waals surface area contributed by atoms with Crippen molar-refractivity contribution in [3.8, 4) is 11.5 Å². The number of aliphatic carboxylic acids is 1. The maximum atomic E-state index is 11.7. The van der Waals surface area contributed by atoms with E-state index in [1.165, 1.54) is 7.11 Å². The first-order chi connectivity index (χ1) is 9.45. The van der Waals surface area contributed by atoms with E-state index in [1.807, 2.05) is 0 Å². The number of benzene rings is 1. The number of hydrogen-bond acceptors (Lipinski definition) is 4. The predicted octanol–water partition coefficient (Wildman–Crippen LogP) is 1.30. The highest BCUT2D eigenvalue weighted by Crippen LogP contribution is 2.25. The minimum absolute atomic E-state index is 0.206. The molecule has 0 aliphatic heterocycles. The largest absolute Gasteiger partial charge is 0.493 e. The van der Waals surface area contributed by atoms with Gasteiger partial charge in [-0.3, -0.25) is 4.79 Å². The molecule has 0 aliphatic carbocycles. The number of ether oxygens (including phenoxy) is 2. The molecular weight excluding hydrogens is 262 g/mol. The number of hydrogen-bond donors (Lipinski definition) is 2. The second-order valence-electron chi connectivity index (χ2n) is 4.57.